The SMILES string of the molecule is CC(CO)N(C)C(=O)c1ccc(Oc2ccncc2)c(Cl)c1. The van der Waals surface area contributed by atoms with Crippen molar-refractivity contribution in [2.45, 2.75) is 13.0 Å². The van der Waals surface area contributed by atoms with E-state index in [2.05, 4.69) is 4.98 Å². The number of hydrogen-bond acceptors (Lipinski definition) is 4. The van der Waals surface area contributed by atoms with Crippen molar-refractivity contribution < 1.29 is 14.6 Å². The van der Waals surface area contributed by atoms with Crippen molar-refractivity contribution in [2.24, 2.45) is 0 Å². The Balaban J connectivity index is 2.17. The Kier molecular flexibility index (Phi) is 5.35. The van der Waals surface area contributed by atoms with E-state index in [1.807, 2.05) is 0 Å². The molecule has 0 saturated carbocycles. The Bertz CT molecular complexity index is 649. The van der Waals surface area contributed by atoms with E-state index in [1.54, 1.807) is 56.7 Å². The summed E-state index contributed by atoms with van der Waals surface area (Å²) in [7, 11) is 1.64. The molecule has 1 N–H and O–H groups in total. The van der Waals surface area contributed by atoms with E-state index in [4.69, 9.17) is 21.4 Å². The number of aliphatic hydroxyl groups excluding tert-OH is 1. The van der Waals surface area contributed by atoms with Gasteiger partial charge in [-0.2, -0.15) is 0 Å². The first-order valence-corrected chi connectivity index (χ1v) is 7.16. The van der Waals surface area contributed by atoms with Crippen LogP contribution in [0.3, 0.4) is 0 Å². The maximum absolute atomic E-state index is 12.3. The summed E-state index contributed by atoms with van der Waals surface area (Å²) >= 11 is 6.18. The number of likely N-dealkylation sites (N-methyl/N-ethyl adjacent to an activating group) is 1. The zero-order valence-electron chi connectivity index (χ0n) is 12.4. The number of benzene rings is 1. The molecule has 2 aromatic rings. The minimum absolute atomic E-state index is 0.0980. The molecular formula is C16H17ClN2O3. The Morgan fingerprint density at radius 3 is 2.64 bits per heavy atom. The van der Waals surface area contributed by atoms with Crippen molar-refractivity contribution in [1.29, 1.82) is 0 Å². The first-order valence-electron chi connectivity index (χ1n) is 6.78. The van der Waals surface area contributed by atoms with Crippen molar-refractivity contribution in [3.05, 3.63) is 53.3 Å². The number of hydrogen-bond donors (Lipinski definition) is 1. The molecule has 5 nitrogen and oxygen atoms in total. The molecule has 116 valence electrons. The molecule has 1 unspecified atom stereocenters. The summed E-state index contributed by atoms with van der Waals surface area (Å²) < 4.78 is 5.64. The molecule has 1 aromatic carbocycles. The fraction of sp³-hybridized carbons (Fsp3) is 0.250. The number of pyridine rings is 1. The molecule has 0 saturated heterocycles. The fourth-order valence-corrected chi connectivity index (χ4v) is 2.00. The molecule has 1 amide bonds. The lowest BCUT2D eigenvalue weighted by atomic mass is 10.1. The van der Waals surface area contributed by atoms with Crippen molar-refractivity contribution >= 4 is 17.5 Å². The number of carbonyl (C=O) groups is 1. The minimum atomic E-state index is -0.265. The summed E-state index contributed by atoms with van der Waals surface area (Å²) in [4.78, 5) is 17.6. The standard InChI is InChI=1S/C16H17ClN2O3/c1-11(10-20)19(2)16(21)12-3-4-15(14(17)9-12)22-13-5-7-18-8-6-13/h3-9,11,20H,10H2,1-2H3. The van der Waals surface area contributed by atoms with Crippen molar-refractivity contribution in [1.82, 2.24) is 9.88 Å². The second-order valence-electron chi connectivity index (χ2n) is 4.88. The summed E-state index contributed by atoms with van der Waals surface area (Å²) in [6.07, 6.45) is 3.23. The van der Waals surface area contributed by atoms with Crippen LogP contribution >= 0.6 is 11.6 Å². The quantitative estimate of drug-likeness (QED) is 0.920. The highest BCUT2D eigenvalue weighted by Crippen LogP contribution is 2.30. The van der Waals surface area contributed by atoms with Gasteiger partial charge in [-0.25, -0.2) is 0 Å². The lowest BCUT2D eigenvalue weighted by molar-refractivity contribution is 0.0682. The Morgan fingerprint density at radius 2 is 2.05 bits per heavy atom. The van der Waals surface area contributed by atoms with Crippen LogP contribution in [-0.2, 0) is 0 Å². The van der Waals surface area contributed by atoms with Gasteiger partial charge in [0.15, 0.2) is 0 Å². The van der Waals surface area contributed by atoms with Gasteiger partial charge in [-0.15, -0.1) is 0 Å². The van der Waals surface area contributed by atoms with Gasteiger partial charge in [-0.1, -0.05) is 11.6 Å². The van der Waals surface area contributed by atoms with Crippen molar-refractivity contribution in [2.75, 3.05) is 13.7 Å². The molecule has 0 aliphatic carbocycles. The number of aliphatic hydroxyl groups is 1. The van der Waals surface area contributed by atoms with Crippen molar-refractivity contribution in [3.8, 4) is 11.5 Å². The highest BCUT2D eigenvalue weighted by atomic mass is 35.5. The fourth-order valence-electron chi connectivity index (χ4n) is 1.78. The topological polar surface area (TPSA) is 62.7 Å². The van der Waals surface area contributed by atoms with E-state index >= 15 is 0 Å². The van der Waals surface area contributed by atoms with E-state index < -0.39 is 0 Å². The molecule has 6 heteroatoms. The van der Waals surface area contributed by atoms with Crippen LogP contribution in [0.4, 0.5) is 0 Å². The molecule has 2 rings (SSSR count). The van der Waals surface area contributed by atoms with Crippen LogP contribution in [0.15, 0.2) is 42.7 Å². The zero-order valence-corrected chi connectivity index (χ0v) is 13.1. The third kappa shape index (κ3) is 3.75. The minimum Gasteiger partial charge on any atom is -0.456 e. The average molecular weight is 321 g/mol. The van der Waals surface area contributed by atoms with Gasteiger partial charge in [0.25, 0.3) is 5.91 Å². The molecule has 0 aliphatic heterocycles. The van der Waals surface area contributed by atoms with Crippen LogP contribution in [0.5, 0.6) is 11.5 Å². The van der Waals surface area contributed by atoms with E-state index in [0.29, 0.717) is 22.1 Å². The van der Waals surface area contributed by atoms with Crippen LogP contribution in [0.25, 0.3) is 0 Å². The first kappa shape index (κ1) is 16.3. The third-order valence-electron chi connectivity index (χ3n) is 3.30. The van der Waals surface area contributed by atoms with Crippen LogP contribution in [0, 0.1) is 0 Å². The van der Waals surface area contributed by atoms with Crippen LogP contribution < -0.4 is 4.74 Å². The Morgan fingerprint density at radius 1 is 1.36 bits per heavy atom. The van der Waals surface area contributed by atoms with E-state index in [1.165, 1.54) is 4.90 Å². The summed E-state index contributed by atoms with van der Waals surface area (Å²) in [6, 6.07) is 8.01. The van der Waals surface area contributed by atoms with Gasteiger partial charge in [0.2, 0.25) is 0 Å². The van der Waals surface area contributed by atoms with Gasteiger partial charge < -0.3 is 14.7 Å². The summed E-state index contributed by atoms with van der Waals surface area (Å²) in [6.45, 7) is 1.67. The van der Waals surface area contributed by atoms with Gasteiger partial charge in [0.05, 0.1) is 17.7 Å². The largest absolute Gasteiger partial charge is 0.456 e. The maximum atomic E-state index is 12.3. The average Bonchev–Trinajstić information content (AvgIpc) is 2.55. The maximum Gasteiger partial charge on any atom is 0.253 e. The Labute approximate surface area is 134 Å². The monoisotopic (exact) mass is 320 g/mol. The molecular weight excluding hydrogens is 304 g/mol. The normalized spacial score (nSPS) is 11.8. The second kappa shape index (κ2) is 7.24. The molecule has 0 fully saturated rings. The predicted octanol–water partition coefficient (Wildman–Crippen LogP) is 2.98. The first-order chi connectivity index (χ1) is 10.5. The molecule has 22 heavy (non-hydrogen) atoms. The van der Waals surface area contributed by atoms with Gasteiger partial charge >= 0.3 is 0 Å². The number of rotatable bonds is 5. The smallest absolute Gasteiger partial charge is 0.253 e. The number of ether oxygens (including phenoxy) is 1. The molecule has 0 aliphatic rings. The summed E-state index contributed by atoms with van der Waals surface area (Å²) in [5.41, 5.74) is 0.440. The van der Waals surface area contributed by atoms with E-state index in [9.17, 15) is 4.79 Å². The van der Waals surface area contributed by atoms with E-state index in [0.717, 1.165) is 0 Å². The Hall–Kier alpha value is -2.11. The molecule has 0 spiro atoms. The van der Waals surface area contributed by atoms with Crippen LogP contribution in [-0.4, -0.2) is 40.6 Å². The molecule has 0 bridgehead atoms. The summed E-state index contributed by atoms with van der Waals surface area (Å²) in [5.74, 6) is 0.864. The zero-order chi connectivity index (χ0) is 16.1. The second-order valence-corrected chi connectivity index (χ2v) is 5.29. The van der Waals surface area contributed by atoms with Crippen LogP contribution in [0.1, 0.15) is 17.3 Å². The highest BCUT2D eigenvalue weighted by Gasteiger charge is 2.18. The predicted molar refractivity (Wildman–Crippen MR) is 84.4 cm³/mol. The molecule has 0 radical (unpaired) electrons. The third-order valence-corrected chi connectivity index (χ3v) is 3.60. The highest BCUT2D eigenvalue weighted by molar-refractivity contribution is 6.32. The van der Waals surface area contributed by atoms with Gasteiger partial charge in [-0.3, -0.25) is 9.78 Å². The van der Waals surface area contributed by atoms with Gasteiger partial charge in [-0.05, 0) is 37.3 Å². The summed E-state index contributed by atoms with van der Waals surface area (Å²) in [5, 5.41) is 9.46. The molecule has 1 aromatic heterocycles. The number of amides is 1. The number of carbonyl (C=O) groups excluding carboxylic acids is 1. The van der Waals surface area contributed by atoms with Gasteiger partial charge in [0.1, 0.15) is 11.5 Å². The lowest BCUT2D eigenvalue weighted by Gasteiger charge is -2.23. The van der Waals surface area contributed by atoms with Gasteiger partial charge in [0, 0.05) is 25.0 Å². The van der Waals surface area contributed by atoms with Crippen LogP contribution in [0.2, 0.25) is 5.02 Å². The number of halogens is 1. The molecule has 1 atom stereocenters. The van der Waals surface area contributed by atoms with Crippen molar-refractivity contribution in [3.63, 3.8) is 0 Å². The number of aromatic nitrogens is 1. The number of nitrogens with zero attached hydrogens (tertiary/aromatic N) is 2. The lowest BCUT2D eigenvalue weighted by Crippen LogP contribution is -2.37. The van der Waals surface area contributed by atoms with E-state index in [-0.39, 0.29) is 18.6 Å². The molecule has 1 heterocycles.